The SMILES string of the molecule is CCC[C@@H](CCO)Nc1nc(C)ncc1OCc1ccc2c(n1)CCC=C2. The summed E-state index contributed by atoms with van der Waals surface area (Å²) in [5.74, 6) is 1.97. The van der Waals surface area contributed by atoms with Crippen molar-refractivity contribution in [1.29, 1.82) is 0 Å². The van der Waals surface area contributed by atoms with Gasteiger partial charge in [0.2, 0.25) is 0 Å². The monoisotopic (exact) mass is 368 g/mol. The molecule has 27 heavy (non-hydrogen) atoms. The number of aliphatic hydroxyl groups is 1. The van der Waals surface area contributed by atoms with Crippen LogP contribution in [0.25, 0.3) is 6.08 Å². The molecule has 0 fully saturated rings. The van der Waals surface area contributed by atoms with Crippen molar-refractivity contribution < 1.29 is 9.84 Å². The van der Waals surface area contributed by atoms with E-state index in [0.717, 1.165) is 37.1 Å². The number of allylic oxidation sites excluding steroid dienone is 1. The predicted molar refractivity (Wildman–Crippen MR) is 107 cm³/mol. The summed E-state index contributed by atoms with van der Waals surface area (Å²) < 4.78 is 6.00. The van der Waals surface area contributed by atoms with E-state index in [1.807, 2.05) is 13.0 Å². The summed E-state index contributed by atoms with van der Waals surface area (Å²) in [6.07, 6.45) is 10.7. The van der Waals surface area contributed by atoms with Gasteiger partial charge in [-0.2, -0.15) is 0 Å². The minimum atomic E-state index is 0.144. The Labute approximate surface area is 160 Å². The molecule has 0 spiro atoms. The molecular weight excluding hydrogens is 340 g/mol. The number of aliphatic hydroxyl groups excluding tert-OH is 1. The highest BCUT2D eigenvalue weighted by Crippen LogP contribution is 2.25. The molecule has 0 bridgehead atoms. The number of aryl methyl sites for hydroxylation is 2. The highest BCUT2D eigenvalue weighted by molar-refractivity contribution is 5.54. The number of hydrogen-bond donors (Lipinski definition) is 2. The maximum atomic E-state index is 9.30. The minimum absolute atomic E-state index is 0.144. The second-order valence-electron chi connectivity index (χ2n) is 6.84. The van der Waals surface area contributed by atoms with Crippen molar-refractivity contribution in [2.24, 2.45) is 0 Å². The first-order chi connectivity index (χ1) is 13.2. The average Bonchev–Trinajstić information content (AvgIpc) is 2.67. The van der Waals surface area contributed by atoms with Gasteiger partial charge in [-0.05, 0) is 44.2 Å². The first-order valence-electron chi connectivity index (χ1n) is 9.68. The molecule has 0 aliphatic heterocycles. The van der Waals surface area contributed by atoms with Crippen molar-refractivity contribution in [1.82, 2.24) is 15.0 Å². The summed E-state index contributed by atoms with van der Waals surface area (Å²) in [6, 6.07) is 4.26. The lowest BCUT2D eigenvalue weighted by Crippen LogP contribution is -2.22. The van der Waals surface area contributed by atoms with Crippen LogP contribution in [0.2, 0.25) is 0 Å². The number of nitrogens with zero attached hydrogens (tertiary/aromatic N) is 3. The van der Waals surface area contributed by atoms with Crippen LogP contribution in [0.4, 0.5) is 5.82 Å². The smallest absolute Gasteiger partial charge is 0.180 e. The maximum Gasteiger partial charge on any atom is 0.180 e. The Kier molecular flexibility index (Phi) is 6.76. The highest BCUT2D eigenvalue weighted by atomic mass is 16.5. The zero-order chi connectivity index (χ0) is 19.1. The summed E-state index contributed by atoms with van der Waals surface area (Å²) in [4.78, 5) is 13.5. The molecule has 1 aliphatic rings. The topological polar surface area (TPSA) is 80.2 Å². The van der Waals surface area contributed by atoms with Crippen LogP contribution in [0.3, 0.4) is 0 Å². The Morgan fingerprint density at radius 3 is 2.96 bits per heavy atom. The van der Waals surface area contributed by atoms with Gasteiger partial charge in [-0.25, -0.2) is 9.97 Å². The highest BCUT2D eigenvalue weighted by Gasteiger charge is 2.14. The van der Waals surface area contributed by atoms with E-state index in [9.17, 15) is 5.11 Å². The van der Waals surface area contributed by atoms with Crippen LogP contribution in [0, 0.1) is 6.92 Å². The average molecular weight is 368 g/mol. The fourth-order valence-electron chi connectivity index (χ4n) is 3.23. The molecule has 0 aromatic carbocycles. The first kappa shape index (κ1) is 19.3. The molecule has 2 N–H and O–H groups in total. The van der Waals surface area contributed by atoms with Crippen LogP contribution in [0.15, 0.2) is 24.4 Å². The minimum Gasteiger partial charge on any atom is -0.482 e. The van der Waals surface area contributed by atoms with Gasteiger partial charge < -0.3 is 15.2 Å². The van der Waals surface area contributed by atoms with Crippen molar-refractivity contribution in [2.45, 2.75) is 58.6 Å². The predicted octanol–water partition coefficient (Wildman–Crippen LogP) is 3.68. The Balaban J connectivity index is 1.72. The van der Waals surface area contributed by atoms with Crippen molar-refractivity contribution in [3.63, 3.8) is 0 Å². The number of aromatic nitrogens is 3. The number of fused-ring (bicyclic) bond motifs is 1. The van der Waals surface area contributed by atoms with Crippen molar-refractivity contribution in [3.05, 3.63) is 47.2 Å². The van der Waals surface area contributed by atoms with E-state index in [0.29, 0.717) is 30.4 Å². The number of pyridine rings is 1. The van der Waals surface area contributed by atoms with Gasteiger partial charge >= 0.3 is 0 Å². The van der Waals surface area contributed by atoms with Crippen LogP contribution in [-0.4, -0.2) is 32.7 Å². The zero-order valence-electron chi connectivity index (χ0n) is 16.1. The Morgan fingerprint density at radius 2 is 2.15 bits per heavy atom. The maximum absolute atomic E-state index is 9.30. The van der Waals surface area contributed by atoms with Gasteiger partial charge in [-0.1, -0.05) is 31.6 Å². The molecule has 1 atom stereocenters. The summed E-state index contributed by atoms with van der Waals surface area (Å²) in [7, 11) is 0. The van der Waals surface area contributed by atoms with E-state index in [1.54, 1.807) is 6.20 Å². The summed E-state index contributed by atoms with van der Waals surface area (Å²) in [5, 5.41) is 12.7. The number of anilines is 1. The Morgan fingerprint density at radius 1 is 1.26 bits per heavy atom. The van der Waals surface area contributed by atoms with Crippen molar-refractivity contribution in [3.8, 4) is 5.75 Å². The van der Waals surface area contributed by atoms with Gasteiger partial charge in [-0.3, -0.25) is 4.98 Å². The van der Waals surface area contributed by atoms with Crippen LogP contribution in [-0.2, 0) is 13.0 Å². The van der Waals surface area contributed by atoms with E-state index in [2.05, 4.69) is 40.4 Å². The molecular formula is C21H28N4O2. The van der Waals surface area contributed by atoms with Crippen LogP contribution < -0.4 is 10.1 Å². The second-order valence-corrected chi connectivity index (χ2v) is 6.84. The number of hydrogen-bond acceptors (Lipinski definition) is 6. The fourth-order valence-corrected chi connectivity index (χ4v) is 3.23. The molecule has 2 aromatic heterocycles. The number of ether oxygens (including phenoxy) is 1. The fraction of sp³-hybridized carbons (Fsp3) is 0.476. The van der Waals surface area contributed by atoms with E-state index in [1.165, 1.54) is 5.56 Å². The molecule has 0 saturated heterocycles. The van der Waals surface area contributed by atoms with Crippen molar-refractivity contribution >= 4 is 11.9 Å². The molecule has 6 heteroatoms. The quantitative estimate of drug-likeness (QED) is 0.703. The molecule has 0 unspecified atom stereocenters. The van der Waals surface area contributed by atoms with E-state index < -0.39 is 0 Å². The second kappa shape index (κ2) is 9.46. The van der Waals surface area contributed by atoms with Crippen LogP contribution in [0.5, 0.6) is 5.75 Å². The van der Waals surface area contributed by atoms with Gasteiger partial charge in [0.25, 0.3) is 0 Å². The van der Waals surface area contributed by atoms with Gasteiger partial charge in [0.1, 0.15) is 12.4 Å². The van der Waals surface area contributed by atoms with Gasteiger partial charge in [-0.15, -0.1) is 0 Å². The molecule has 0 saturated carbocycles. The molecule has 2 aromatic rings. The van der Waals surface area contributed by atoms with Gasteiger partial charge in [0.05, 0.1) is 11.9 Å². The normalized spacial score (nSPS) is 13.9. The third kappa shape index (κ3) is 5.26. The number of nitrogens with one attached hydrogen (secondary N) is 1. The Bertz CT molecular complexity index is 786. The lowest BCUT2D eigenvalue weighted by atomic mass is 10.0. The molecule has 0 radical (unpaired) electrons. The lowest BCUT2D eigenvalue weighted by Gasteiger charge is -2.20. The summed E-state index contributed by atoms with van der Waals surface area (Å²) >= 11 is 0. The largest absolute Gasteiger partial charge is 0.482 e. The molecule has 3 rings (SSSR count). The first-order valence-corrected chi connectivity index (χ1v) is 9.68. The summed E-state index contributed by atoms with van der Waals surface area (Å²) in [5.41, 5.74) is 3.22. The van der Waals surface area contributed by atoms with E-state index >= 15 is 0 Å². The summed E-state index contributed by atoms with van der Waals surface area (Å²) in [6.45, 7) is 4.50. The van der Waals surface area contributed by atoms with E-state index in [4.69, 9.17) is 9.72 Å². The molecule has 144 valence electrons. The van der Waals surface area contributed by atoms with Crippen molar-refractivity contribution in [2.75, 3.05) is 11.9 Å². The van der Waals surface area contributed by atoms with Gasteiger partial charge in [0.15, 0.2) is 11.6 Å². The Hall–Kier alpha value is -2.47. The lowest BCUT2D eigenvalue weighted by molar-refractivity contribution is 0.275. The molecule has 0 amide bonds. The van der Waals surface area contributed by atoms with Crippen LogP contribution in [0.1, 0.15) is 55.4 Å². The third-order valence-corrected chi connectivity index (χ3v) is 4.62. The third-order valence-electron chi connectivity index (χ3n) is 4.62. The molecule has 2 heterocycles. The van der Waals surface area contributed by atoms with Crippen LogP contribution >= 0.6 is 0 Å². The van der Waals surface area contributed by atoms with E-state index in [-0.39, 0.29) is 12.6 Å². The zero-order valence-corrected chi connectivity index (χ0v) is 16.1. The van der Waals surface area contributed by atoms with Gasteiger partial charge in [0, 0.05) is 18.3 Å². The molecule has 1 aliphatic carbocycles. The standard InChI is InChI=1S/C21H28N4O2/c1-3-6-17(11-12-26)25-21-20(13-22-15(2)23-21)27-14-18-10-9-16-7-4-5-8-19(16)24-18/h4,7,9-10,13,17,26H,3,5-6,8,11-12,14H2,1-2H3,(H,22,23,25)/t17-/m0/s1. The molecule has 6 nitrogen and oxygen atoms in total. The number of rotatable bonds is 9.